The summed E-state index contributed by atoms with van der Waals surface area (Å²) in [5.74, 6) is -1.62. The molecule has 0 spiro atoms. The molecule has 8 nitrogen and oxygen atoms in total. The first-order chi connectivity index (χ1) is 15.9. The third-order valence-corrected chi connectivity index (χ3v) is 5.98. The van der Waals surface area contributed by atoms with Crippen LogP contribution in [0.4, 0.5) is 0 Å². The van der Waals surface area contributed by atoms with Gasteiger partial charge in [-0.3, -0.25) is 9.59 Å². The van der Waals surface area contributed by atoms with Crippen LogP contribution in [0, 0.1) is 0 Å². The minimum atomic E-state index is -0.817. The van der Waals surface area contributed by atoms with Gasteiger partial charge in [0.15, 0.2) is 0 Å². The molecular formula is C25H25NO7. The van der Waals surface area contributed by atoms with E-state index in [-0.39, 0.29) is 24.0 Å². The molecule has 2 aromatic rings. The predicted molar refractivity (Wildman–Crippen MR) is 119 cm³/mol. The highest BCUT2D eigenvalue weighted by molar-refractivity contribution is 6.46. The molecule has 0 unspecified atom stereocenters. The Morgan fingerprint density at radius 3 is 2.30 bits per heavy atom. The summed E-state index contributed by atoms with van der Waals surface area (Å²) in [5.41, 5.74) is 1.32. The zero-order valence-corrected chi connectivity index (χ0v) is 18.4. The van der Waals surface area contributed by atoms with Crippen molar-refractivity contribution in [3.05, 3.63) is 70.8 Å². The van der Waals surface area contributed by atoms with Crippen molar-refractivity contribution >= 4 is 23.4 Å². The molecule has 2 aliphatic rings. The van der Waals surface area contributed by atoms with Gasteiger partial charge in [-0.1, -0.05) is 12.1 Å². The number of likely N-dealkylation sites (tertiary alicyclic amines) is 1. The van der Waals surface area contributed by atoms with Crippen LogP contribution in [-0.2, 0) is 19.1 Å². The molecule has 172 valence electrons. The summed E-state index contributed by atoms with van der Waals surface area (Å²) >= 11 is 0. The lowest BCUT2D eigenvalue weighted by Crippen LogP contribution is -2.36. The molecule has 0 aliphatic carbocycles. The van der Waals surface area contributed by atoms with Crippen molar-refractivity contribution in [3.63, 3.8) is 0 Å². The topological polar surface area (TPSA) is 102 Å². The van der Waals surface area contributed by atoms with Crippen LogP contribution in [0.15, 0.2) is 54.1 Å². The fourth-order valence-electron chi connectivity index (χ4n) is 4.25. The fourth-order valence-corrected chi connectivity index (χ4v) is 4.25. The molecule has 0 radical (unpaired) electrons. The normalized spacial score (nSPS) is 21.9. The number of benzene rings is 2. The van der Waals surface area contributed by atoms with E-state index in [0.29, 0.717) is 29.0 Å². The molecule has 4 rings (SSSR count). The molecule has 2 atom stereocenters. The van der Waals surface area contributed by atoms with Crippen LogP contribution in [-0.4, -0.2) is 61.1 Å². The number of rotatable bonds is 6. The smallest absolute Gasteiger partial charge is 0.337 e. The summed E-state index contributed by atoms with van der Waals surface area (Å²) < 4.78 is 15.6. The van der Waals surface area contributed by atoms with Crippen molar-refractivity contribution in [3.8, 4) is 5.75 Å². The van der Waals surface area contributed by atoms with Gasteiger partial charge in [-0.15, -0.1) is 0 Å². The van der Waals surface area contributed by atoms with E-state index < -0.39 is 23.7 Å². The number of carbonyl (C=O) groups is 3. The highest BCUT2D eigenvalue weighted by Gasteiger charge is 2.47. The third-order valence-electron chi connectivity index (χ3n) is 5.98. The molecule has 2 saturated heterocycles. The van der Waals surface area contributed by atoms with E-state index in [9.17, 15) is 19.5 Å². The van der Waals surface area contributed by atoms with E-state index >= 15 is 0 Å². The molecule has 33 heavy (non-hydrogen) atoms. The van der Waals surface area contributed by atoms with Crippen LogP contribution in [0.1, 0.15) is 40.4 Å². The number of hydrogen-bond acceptors (Lipinski definition) is 7. The van der Waals surface area contributed by atoms with Gasteiger partial charge < -0.3 is 24.2 Å². The molecule has 2 heterocycles. The number of esters is 1. The second kappa shape index (κ2) is 9.46. The number of Topliss-reactive ketones (excluding diaryl/α,β-unsaturated/α-hetero) is 1. The zero-order valence-electron chi connectivity index (χ0n) is 18.4. The van der Waals surface area contributed by atoms with Crippen LogP contribution in [0.5, 0.6) is 5.75 Å². The lowest BCUT2D eigenvalue weighted by Gasteiger charge is -2.27. The van der Waals surface area contributed by atoms with Crippen LogP contribution < -0.4 is 4.74 Å². The number of carbonyl (C=O) groups excluding carboxylic acids is 3. The van der Waals surface area contributed by atoms with Crippen molar-refractivity contribution in [2.24, 2.45) is 0 Å². The Morgan fingerprint density at radius 1 is 1.06 bits per heavy atom. The van der Waals surface area contributed by atoms with Crippen molar-refractivity contribution < 1.29 is 33.7 Å². The van der Waals surface area contributed by atoms with Gasteiger partial charge in [0, 0.05) is 18.7 Å². The summed E-state index contributed by atoms with van der Waals surface area (Å²) in [7, 11) is 2.82. The molecule has 0 bridgehead atoms. The number of aliphatic hydroxyl groups excluding tert-OH is 1. The number of methoxy groups -OCH3 is 2. The van der Waals surface area contributed by atoms with Crippen molar-refractivity contribution in [2.75, 3.05) is 27.4 Å². The van der Waals surface area contributed by atoms with Gasteiger partial charge in [-0.05, 0) is 54.8 Å². The molecule has 1 N–H and O–H groups in total. The maximum atomic E-state index is 13.1. The Hall–Kier alpha value is -3.65. The van der Waals surface area contributed by atoms with Gasteiger partial charge in [0.25, 0.3) is 11.7 Å². The number of ketones is 1. The first kappa shape index (κ1) is 22.5. The Morgan fingerprint density at radius 2 is 1.73 bits per heavy atom. The fraction of sp³-hybridized carbons (Fsp3) is 0.320. The molecule has 2 fully saturated rings. The van der Waals surface area contributed by atoms with Gasteiger partial charge >= 0.3 is 5.97 Å². The molecule has 0 saturated carbocycles. The standard InChI is InChI=1S/C25H25NO7/c1-31-18-11-9-16(10-12-18)22(27)20-21(15-5-7-17(8-6-15)25(30)32-2)26(24(29)23(20)28)14-19-4-3-13-33-19/h5-12,19,21,27H,3-4,13-14H2,1-2H3/t19-,21-/m0/s1. The Kier molecular flexibility index (Phi) is 6.46. The molecule has 2 aromatic carbocycles. The predicted octanol–water partition coefficient (Wildman–Crippen LogP) is 3.08. The van der Waals surface area contributed by atoms with Gasteiger partial charge in [0.05, 0.1) is 37.5 Å². The summed E-state index contributed by atoms with van der Waals surface area (Å²) in [4.78, 5) is 39.4. The highest BCUT2D eigenvalue weighted by Crippen LogP contribution is 2.40. The van der Waals surface area contributed by atoms with E-state index in [4.69, 9.17) is 14.2 Å². The summed E-state index contributed by atoms with van der Waals surface area (Å²) in [6.45, 7) is 0.840. The number of ether oxygens (including phenoxy) is 3. The quantitative estimate of drug-likeness (QED) is 0.312. The van der Waals surface area contributed by atoms with Gasteiger partial charge in [0.2, 0.25) is 0 Å². The van der Waals surface area contributed by atoms with Crippen molar-refractivity contribution in [1.82, 2.24) is 4.90 Å². The van der Waals surface area contributed by atoms with Crippen LogP contribution in [0.2, 0.25) is 0 Å². The highest BCUT2D eigenvalue weighted by atomic mass is 16.5. The molecule has 8 heteroatoms. The van der Waals surface area contributed by atoms with Crippen LogP contribution in [0.3, 0.4) is 0 Å². The van der Waals surface area contributed by atoms with Crippen molar-refractivity contribution in [1.29, 1.82) is 0 Å². The second-order valence-corrected chi connectivity index (χ2v) is 7.93. The first-order valence-electron chi connectivity index (χ1n) is 10.7. The van der Waals surface area contributed by atoms with E-state index in [1.807, 2.05) is 0 Å². The lowest BCUT2D eigenvalue weighted by atomic mass is 9.94. The van der Waals surface area contributed by atoms with Crippen LogP contribution >= 0.6 is 0 Å². The minimum Gasteiger partial charge on any atom is -0.507 e. The Balaban J connectivity index is 1.79. The van der Waals surface area contributed by atoms with E-state index in [0.717, 1.165) is 12.8 Å². The maximum absolute atomic E-state index is 13.1. The number of hydrogen-bond donors (Lipinski definition) is 1. The molecule has 0 aromatic heterocycles. The maximum Gasteiger partial charge on any atom is 0.337 e. The van der Waals surface area contributed by atoms with Gasteiger partial charge in [0.1, 0.15) is 11.5 Å². The second-order valence-electron chi connectivity index (χ2n) is 7.93. The molecular weight excluding hydrogens is 426 g/mol. The number of aliphatic hydroxyl groups is 1. The largest absolute Gasteiger partial charge is 0.507 e. The molecule has 2 aliphatic heterocycles. The monoisotopic (exact) mass is 451 g/mol. The number of amides is 1. The average Bonchev–Trinajstić information content (AvgIpc) is 3.45. The van der Waals surface area contributed by atoms with E-state index in [1.165, 1.54) is 19.1 Å². The Labute approximate surface area is 191 Å². The zero-order chi connectivity index (χ0) is 23.5. The lowest BCUT2D eigenvalue weighted by molar-refractivity contribution is -0.140. The average molecular weight is 451 g/mol. The summed E-state index contributed by atoms with van der Waals surface area (Å²) in [6, 6.07) is 12.2. The number of nitrogens with zero attached hydrogens (tertiary/aromatic N) is 1. The van der Waals surface area contributed by atoms with Gasteiger partial charge in [-0.25, -0.2) is 4.79 Å². The Bertz CT molecular complexity index is 1080. The van der Waals surface area contributed by atoms with E-state index in [2.05, 4.69) is 0 Å². The third kappa shape index (κ3) is 4.34. The SMILES string of the molecule is COC(=O)c1ccc([C@H]2C(=C(O)c3ccc(OC)cc3)C(=O)C(=O)N2C[C@@H]2CCCO2)cc1. The molecule has 1 amide bonds. The van der Waals surface area contributed by atoms with Gasteiger partial charge in [-0.2, -0.15) is 0 Å². The van der Waals surface area contributed by atoms with Crippen molar-refractivity contribution in [2.45, 2.75) is 25.0 Å². The summed E-state index contributed by atoms with van der Waals surface area (Å²) in [5, 5.41) is 11.1. The summed E-state index contributed by atoms with van der Waals surface area (Å²) in [6.07, 6.45) is 1.50. The minimum absolute atomic E-state index is 0.00557. The van der Waals surface area contributed by atoms with Crippen LogP contribution in [0.25, 0.3) is 5.76 Å². The van der Waals surface area contributed by atoms with E-state index in [1.54, 1.807) is 48.5 Å². The first-order valence-corrected chi connectivity index (χ1v) is 10.7.